The fourth-order valence-electron chi connectivity index (χ4n) is 4.69. The molecule has 1 saturated carbocycles. The number of nitrogens with one attached hydrogen (secondary N) is 2. The minimum Gasteiger partial charge on any atom is -0.465 e. The molecule has 0 spiro atoms. The van der Waals surface area contributed by atoms with Gasteiger partial charge in [-0.15, -0.1) is 0 Å². The van der Waals surface area contributed by atoms with Gasteiger partial charge in [0.05, 0.1) is 19.3 Å². The SMILES string of the molecule is CCOCCC1(CNC(=NC)NCC(c2ccc(C)o2)N2CCOCC2)CCCC1. The maximum atomic E-state index is 5.98. The molecule has 1 aliphatic carbocycles. The van der Waals surface area contributed by atoms with Crippen LogP contribution in [0.5, 0.6) is 0 Å². The molecule has 1 unspecified atom stereocenters. The summed E-state index contributed by atoms with van der Waals surface area (Å²) in [5.41, 5.74) is 0.328. The highest BCUT2D eigenvalue weighted by molar-refractivity contribution is 5.79. The number of hydrogen-bond acceptors (Lipinski definition) is 5. The summed E-state index contributed by atoms with van der Waals surface area (Å²) >= 11 is 0. The maximum Gasteiger partial charge on any atom is 0.191 e. The van der Waals surface area contributed by atoms with Crippen molar-refractivity contribution in [1.29, 1.82) is 0 Å². The van der Waals surface area contributed by atoms with Crippen LogP contribution in [0.3, 0.4) is 0 Å². The lowest BCUT2D eigenvalue weighted by atomic mass is 9.83. The molecule has 2 heterocycles. The molecule has 1 atom stereocenters. The summed E-state index contributed by atoms with van der Waals surface area (Å²) in [4.78, 5) is 6.92. The van der Waals surface area contributed by atoms with E-state index in [0.717, 1.165) is 76.5 Å². The van der Waals surface area contributed by atoms with Crippen molar-refractivity contribution in [2.75, 3.05) is 59.7 Å². The van der Waals surface area contributed by atoms with Crippen LogP contribution >= 0.6 is 0 Å². The van der Waals surface area contributed by atoms with Crippen molar-refractivity contribution in [2.45, 2.75) is 52.0 Å². The molecule has 2 aliphatic rings. The zero-order chi connectivity index (χ0) is 21.2. The second-order valence-electron chi connectivity index (χ2n) is 8.57. The van der Waals surface area contributed by atoms with Crippen molar-refractivity contribution < 1.29 is 13.9 Å². The van der Waals surface area contributed by atoms with Gasteiger partial charge in [-0.1, -0.05) is 12.8 Å². The normalized spacial score (nSPS) is 21.0. The highest BCUT2D eigenvalue weighted by Gasteiger charge is 2.33. The van der Waals surface area contributed by atoms with Crippen molar-refractivity contribution in [2.24, 2.45) is 10.4 Å². The monoisotopic (exact) mass is 420 g/mol. The Labute approximate surface area is 181 Å². The minimum absolute atomic E-state index is 0.166. The Kier molecular flexibility index (Phi) is 9.03. The van der Waals surface area contributed by atoms with E-state index in [1.165, 1.54) is 25.7 Å². The average molecular weight is 421 g/mol. The molecule has 3 rings (SSSR count). The molecular formula is C23H40N4O3. The highest BCUT2D eigenvalue weighted by atomic mass is 16.5. The summed E-state index contributed by atoms with van der Waals surface area (Å²) in [5.74, 6) is 2.81. The molecular weight excluding hydrogens is 380 g/mol. The van der Waals surface area contributed by atoms with Crippen molar-refractivity contribution in [3.05, 3.63) is 23.7 Å². The van der Waals surface area contributed by atoms with E-state index in [1.807, 2.05) is 20.0 Å². The van der Waals surface area contributed by atoms with Gasteiger partial charge in [-0.2, -0.15) is 0 Å². The number of aryl methyl sites for hydroxylation is 1. The lowest BCUT2D eigenvalue weighted by Crippen LogP contribution is -2.48. The van der Waals surface area contributed by atoms with Gasteiger partial charge in [-0.05, 0) is 50.7 Å². The summed E-state index contributed by atoms with van der Waals surface area (Å²) in [6, 6.07) is 4.30. The Hall–Kier alpha value is -1.57. The van der Waals surface area contributed by atoms with Crippen LogP contribution in [-0.4, -0.2) is 70.5 Å². The van der Waals surface area contributed by atoms with E-state index >= 15 is 0 Å². The molecule has 0 aromatic carbocycles. The van der Waals surface area contributed by atoms with Crippen LogP contribution in [0.25, 0.3) is 0 Å². The summed E-state index contributed by atoms with van der Waals surface area (Å²) in [5, 5.41) is 7.15. The van der Waals surface area contributed by atoms with E-state index < -0.39 is 0 Å². The fraction of sp³-hybridized carbons (Fsp3) is 0.783. The molecule has 1 aromatic heterocycles. The smallest absolute Gasteiger partial charge is 0.191 e. The Morgan fingerprint density at radius 1 is 1.23 bits per heavy atom. The first-order valence-electron chi connectivity index (χ1n) is 11.6. The van der Waals surface area contributed by atoms with E-state index in [4.69, 9.17) is 13.9 Å². The second kappa shape index (κ2) is 11.7. The molecule has 7 nitrogen and oxygen atoms in total. The molecule has 1 saturated heterocycles. The van der Waals surface area contributed by atoms with Crippen LogP contribution in [0.1, 0.15) is 56.6 Å². The lowest BCUT2D eigenvalue weighted by molar-refractivity contribution is 0.0124. The van der Waals surface area contributed by atoms with Crippen LogP contribution in [0, 0.1) is 12.3 Å². The Morgan fingerprint density at radius 3 is 2.63 bits per heavy atom. The summed E-state index contributed by atoms with van der Waals surface area (Å²) < 4.78 is 17.2. The molecule has 0 radical (unpaired) electrons. The molecule has 1 aromatic rings. The van der Waals surface area contributed by atoms with E-state index in [0.29, 0.717) is 5.41 Å². The van der Waals surface area contributed by atoms with E-state index in [-0.39, 0.29) is 6.04 Å². The first kappa shape index (κ1) is 23.1. The van der Waals surface area contributed by atoms with Crippen LogP contribution in [0.2, 0.25) is 0 Å². The first-order chi connectivity index (χ1) is 14.7. The van der Waals surface area contributed by atoms with Crippen LogP contribution in [0.15, 0.2) is 21.5 Å². The largest absolute Gasteiger partial charge is 0.465 e. The predicted octanol–water partition coefficient (Wildman–Crippen LogP) is 3.11. The fourth-order valence-corrected chi connectivity index (χ4v) is 4.69. The first-order valence-corrected chi connectivity index (χ1v) is 11.6. The van der Waals surface area contributed by atoms with Gasteiger partial charge in [0.1, 0.15) is 11.5 Å². The van der Waals surface area contributed by atoms with Crippen molar-refractivity contribution in [3.8, 4) is 0 Å². The van der Waals surface area contributed by atoms with Crippen molar-refractivity contribution in [3.63, 3.8) is 0 Å². The Balaban J connectivity index is 1.56. The predicted molar refractivity (Wildman–Crippen MR) is 120 cm³/mol. The van der Waals surface area contributed by atoms with Gasteiger partial charge in [-0.3, -0.25) is 9.89 Å². The zero-order valence-corrected chi connectivity index (χ0v) is 19.0. The van der Waals surface area contributed by atoms with Crippen LogP contribution < -0.4 is 10.6 Å². The number of aliphatic imine (C=N–C) groups is 1. The van der Waals surface area contributed by atoms with Crippen molar-refractivity contribution >= 4 is 5.96 Å². The van der Waals surface area contributed by atoms with E-state index in [9.17, 15) is 0 Å². The molecule has 170 valence electrons. The molecule has 30 heavy (non-hydrogen) atoms. The van der Waals surface area contributed by atoms with Crippen molar-refractivity contribution in [1.82, 2.24) is 15.5 Å². The van der Waals surface area contributed by atoms with Crippen LogP contribution in [-0.2, 0) is 9.47 Å². The molecule has 1 aliphatic heterocycles. The highest BCUT2D eigenvalue weighted by Crippen LogP contribution is 2.40. The second-order valence-corrected chi connectivity index (χ2v) is 8.57. The van der Waals surface area contributed by atoms with E-state index in [2.05, 4.69) is 33.5 Å². The minimum atomic E-state index is 0.166. The third-order valence-corrected chi connectivity index (χ3v) is 6.54. The molecule has 2 fully saturated rings. The van der Waals surface area contributed by atoms with Crippen LogP contribution in [0.4, 0.5) is 0 Å². The number of rotatable bonds is 10. The standard InChI is InChI=1S/C23H40N4O3/c1-4-28-14-11-23(9-5-6-10-23)18-26-22(24-3)25-17-20(21-8-7-19(2)30-21)27-12-15-29-16-13-27/h7-8,20H,4-6,9-18H2,1-3H3,(H2,24,25,26). The third-order valence-electron chi connectivity index (χ3n) is 6.54. The maximum absolute atomic E-state index is 5.98. The van der Waals surface area contributed by atoms with Gasteiger partial charge in [0.2, 0.25) is 0 Å². The molecule has 0 bridgehead atoms. The number of morpholine rings is 1. The number of hydrogen-bond donors (Lipinski definition) is 2. The topological polar surface area (TPSA) is 71.3 Å². The quantitative estimate of drug-likeness (QED) is 0.344. The zero-order valence-electron chi connectivity index (χ0n) is 19.0. The average Bonchev–Trinajstić information content (AvgIpc) is 3.41. The third kappa shape index (κ3) is 6.46. The summed E-state index contributed by atoms with van der Waals surface area (Å²) in [7, 11) is 1.84. The van der Waals surface area contributed by atoms with E-state index in [1.54, 1.807) is 0 Å². The van der Waals surface area contributed by atoms with Gasteiger partial charge in [0.15, 0.2) is 5.96 Å². The number of ether oxygens (including phenoxy) is 2. The van der Waals surface area contributed by atoms with Gasteiger partial charge in [-0.25, -0.2) is 0 Å². The lowest BCUT2D eigenvalue weighted by Gasteiger charge is -2.34. The van der Waals surface area contributed by atoms with Gasteiger partial charge >= 0.3 is 0 Å². The molecule has 2 N–H and O–H groups in total. The summed E-state index contributed by atoms with van der Waals surface area (Å²) in [6.07, 6.45) is 6.29. The van der Waals surface area contributed by atoms with Gasteiger partial charge in [0, 0.05) is 46.4 Å². The Bertz CT molecular complexity index is 649. The molecule has 7 heteroatoms. The van der Waals surface area contributed by atoms with Gasteiger partial charge < -0.3 is 24.5 Å². The number of guanidine groups is 1. The number of nitrogens with zero attached hydrogens (tertiary/aromatic N) is 2. The Morgan fingerprint density at radius 2 is 2.00 bits per heavy atom. The summed E-state index contributed by atoms with van der Waals surface area (Å²) in [6.45, 7) is 10.8. The van der Waals surface area contributed by atoms with Gasteiger partial charge in [0.25, 0.3) is 0 Å². The number of furan rings is 1. The molecule has 0 amide bonds.